The summed E-state index contributed by atoms with van der Waals surface area (Å²) in [6.45, 7) is 1.66. The van der Waals surface area contributed by atoms with Gasteiger partial charge in [0, 0.05) is 16.6 Å². The molecule has 4 rings (SSSR count). The SMILES string of the molecule is COc1ccc(NC(=O)C(C)n2cnc3scc(-c4ccccc4)c3c2=O)cc1Cl. The molecule has 0 aliphatic carbocycles. The number of fused-ring (bicyclic) bond motifs is 1. The number of amides is 1. The zero-order valence-electron chi connectivity index (χ0n) is 16.3. The molecule has 1 atom stereocenters. The highest BCUT2D eigenvalue weighted by Crippen LogP contribution is 2.31. The standard InChI is InChI=1S/C22H18ClN3O3S/c1-13(20(27)25-15-8-9-18(29-2)17(23)10-15)26-12-24-21-19(22(26)28)16(11-30-21)14-6-4-3-5-7-14/h3-13H,1-2H3,(H,25,27). The lowest BCUT2D eigenvalue weighted by Gasteiger charge is -2.15. The highest BCUT2D eigenvalue weighted by Gasteiger charge is 2.20. The zero-order valence-corrected chi connectivity index (χ0v) is 17.8. The molecule has 0 spiro atoms. The Morgan fingerprint density at radius 1 is 1.23 bits per heavy atom. The Balaban J connectivity index is 1.67. The Hall–Kier alpha value is -3.16. The van der Waals surface area contributed by atoms with E-state index in [2.05, 4.69) is 10.3 Å². The third kappa shape index (κ3) is 3.69. The Kier molecular flexibility index (Phi) is 5.57. The average molecular weight is 440 g/mol. The summed E-state index contributed by atoms with van der Waals surface area (Å²) in [5, 5.41) is 5.60. The van der Waals surface area contributed by atoms with Crippen LogP contribution in [0, 0.1) is 0 Å². The number of carbonyl (C=O) groups is 1. The molecule has 0 fully saturated rings. The number of anilines is 1. The van der Waals surface area contributed by atoms with Crippen LogP contribution in [0.3, 0.4) is 0 Å². The lowest BCUT2D eigenvalue weighted by Crippen LogP contribution is -2.31. The minimum atomic E-state index is -0.765. The van der Waals surface area contributed by atoms with Gasteiger partial charge in [-0.15, -0.1) is 11.3 Å². The van der Waals surface area contributed by atoms with Crippen LogP contribution in [0.5, 0.6) is 5.75 Å². The molecule has 30 heavy (non-hydrogen) atoms. The number of aromatic nitrogens is 2. The van der Waals surface area contributed by atoms with Gasteiger partial charge in [0.2, 0.25) is 5.91 Å². The van der Waals surface area contributed by atoms with Gasteiger partial charge in [-0.1, -0.05) is 41.9 Å². The lowest BCUT2D eigenvalue weighted by atomic mass is 10.1. The number of nitrogens with one attached hydrogen (secondary N) is 1. The summed E-state index contributed by atoms with van der Waals surface area (Å²) in [5.74, 6) is 0.162. The molecule has 152 valence electrons. The average Bonchev–Trinajstić information content (AvgIpc) is 3.19. The maximum absolute atomic E-state index is 13.2. The molecule has 1 N–H and O–H groups in total. The summed E-state index contributed by atoms with van der Waals surface area (Å²) < 4.78 is 6.47. The Labute approximate surface area is 181 Å². The van der Waals surface area contributed by atoms with Crippen molar-refractivity contribution in [2.45, 2.75) is 13.0 Å². The van der Waals surface area contributed by atoms with Gasteiger partial charge in [0.05, 0.1) is 23.8 Å². The molecular formula is C22H18ClN3O3S. The quantitative estimate of drug-likeness (QED) is 0.475. The van der Waals surface area contributed by atoms with Crippen molar-refractivity contribution < 1.29 is 9.53 Å². The fourth-order valence-corrected chi connectivity index (χ4v) is 4.33. The third-order valence-electron chi connectivity index (χ3n) is 4.82. The summed E-state index contributed by atoms with van der Waals surface area (Å²) in [6.07, 6.45) is 1.42. The van der Waals surface area contributed by atoms with Crippen molar-refractivity contribution in [3.05, 3.63) is 75.6 Å². The number of benzene rings is 2. The van der Waals surface area contributed by atoms with Gasteiger partial charge in [0.15, 0.2) is 0 Å². The summed E-state index contributed by atoms with van der Waals surface area (Å²) in [4.78, 5) is 31.1. The normalized spacial score (nSPS) is 12.0. The van der Waals surface area contributed by atoms with E-state index in [0.29, 0.717) is 26.7 Å². The van der Waals surface area contributed by atoms with Crippen molar-refractivity contribution in [1.82, 2.24) is 9.55 Å². The van der Waals surface area contributed by atoms with E-state index in [0.717, 1.165) is 11.1 Å². The zero-order chi connectivity index (χ0) is 21.3. The van der Waals surface area contributed by atoms with Crippen LogP contribution in [0.1, 0.15) is 13.0 Å². The number of ether oxygens (including phenoxy) is 1. The molecule has 0 radical (unpaired) electrons. The first-order valence-corrected chi connectivity index (χ1v) is 10.4. The van der Waals surface area contributed by atoms with E-state index in [4.69, 9.17) is 16.3 Å². The van der Waals surface area contributed by atoms with E-state index < -0.39 is 6.04 Å². The van der Waals surface area contributed by atoms with Crippen LogP contribution < -0.4 is 15.6 Å². The Morgan fingerprint density at radius 2 is 2.00 bits per heavy atom. The maximum atomic E-state index is 13.2. The summed E-state index contributed by atoms with van der Waals surface area (Å²) in [7, 11) is 1.52. The van der Waals surface area contributed by atoms with Gasteiger partial charge < -0.3 is 10.1 Å². The van der Waals surface area contributed by atoms with Crippen molar-refractivity contribution in [2.24, 2.45) is 0 Å². The monoisotopic (exact) mass is 439 g/mol. The molecule has 0 aliphatic rings. The number of halogens is 1. The molecule has 6 nitrogen and oxygen atoms in total. The van der Waals surface area contributed by atoms with Gasteiger partial charge in [-0.05, 0) is 30.7 Å². The molecular weight excluding hydrogens is 422 g/mol. The van der Waals surface area contributed by atoms with Gasteiger partial charge in [-0.2, -0.15) is 0 Å². The van der Waals surface area contributed by atoms with Crippen LogP contribution in [-0.4, -0.2) is 22.6 Å². The highest BCUT2D eigenvalue weighted by molar-refractivity contribution is 7.17. The molecule has 0 saturated heterocycles. The van der Waals surface area contributed by atoms with Gasteiger partial charge in [0.25, 0.3) is 5.56 Å². The Bertz CT molecular complexity index is 1280. The van der Waals surface area contributed by atoms with E-state index in [1.54, 1.807) is 25.1 Å². The molecule has 2 heterocycles. The number of nitrogens with zero attached hydrogens (tertiary/aromatic N) is 2. The van der Waals surface area contributed by atoms with Crippen molar-refractivity contribution in [2.75, 3.05) is 12.4 Å². The maximum Gasteiger partial charge on any atom is 0.263 e. The van der Waals surface area contributed by atoms with E-state index >= 15 is 0 Å². The molecule has 0 bridgehead atoms. The molecule has 8 heteroatoms. The van der Waals surface area contributed by atoms with Crippen LogP contribution in [0.15, 0.2) is 65.0 Å². The predicted molar refractivity (Wildman–Crippen MR) is 121 cm³/mol. The fourth-order valence-electron chi connectivity index (χ4n) is 3.17. The predicted octanol–water partition coefficient (Wildman–Crippen LogP) is 4.99. The smallest absolute Gasteiger partial charge is 0.263 e. The largest absolute Gasteiger partial charge is 0.495 e. The lowest BCUT2D eigenvalue weighted by molar-refractivity contribution is -0.118. The van der Waals surface area contributed by atoms with Crippen LogP contribution in [0.25, 0.3) is 21.3 Å². The third-order valence-corrected chi connectivity index (χ3v) is 6.00. The van der Waals surface area contributed by atoms with Crippen LogP contribution in [0.2, 0.25) is 5.02 Å². The molecule has 4 aromatic rings. The van der Waals surface area contributed by atoms with E-state index in [1.165, 1.54) is 29.3 Å². The first kappa shape index (κ1) is 20.1. The van der Waals surface area contributed by atoms with Gasteiger partial charge in [-0.25, -0.2) is 4.98 Å². The van der Waals surface area contributed by atoms with Crippen LogP contribution in [0.4, 0.5) is 5.69 Å². The van der Waals surface area contributed by atoms with Crippen molar-refractivity contribution in [3.63, 3.8) is 0 Å². The van der Waals surface area contributed by atoms with Crippen molar-refractivity contribution in [3.8, 4) is 16.9 Å². The summed E-state index contributed by atoms with van der Waals surface area (Å²) in [5.41, 5.74) is 2.01. The van der Waals surface area contributed by atoms with Crippen LogP contribution in [-0.2, 0) is 4.79 Å². The van der Waals surface area contributed by atoms with Gasteiger partial charge >= 0.3 is 0 Å². The first-order valence-electron chi connectivity index (χ1n) is 9.17. The second-order valence-electron chi connectivity index (χ2n) is 6.67. The molecule has 2 aromatic heterocycles. The summed E-state index contributed by atoms with van der Waals surface area (Å²) >= 11 is 7.53. The van der Waals surface area contributed by atoms with Gasteiger partial charge in [0.1, 0.15) is 16.6 Å². The van der Waals surface area contributed by atoms with Crippen molar-refractivity contribution >= 4 is 44.7 Å². The van der Waals surface area contributed by atoms with E-state index in [9.17, 15) is 9.59 Å². The number of hydrogen-bond acceptors (Lipinski definition) is 5. The second kappa shape index (κ2) is 8.30. The Morgan fingerprint density at radius 3 is 2.70 bits per heavy atom. The fraction of sp³-hybridized carbons (Fsp3) is 0.136. The summed E-state index contributed by atoms with van der Waals surface area (Å²) in [6, 6.07) is 13.8. The minimum absolute atomic E-state index is 0.254. The molecule has 0 aliphatic heterocycles. The molecule has 1 unspecified atom stereocenters. The highest BCUT2D eigenvalue weighted by atomic mass is 35.5. The number of carbonyl (C=O) groups excluding carboxylic acids is 1. The van der Waals surface area contributed by atoms with Crippen LogP contribution >= 0.6 is 22.9 Å². The number of hydrogen-bond donors (Lipinski definition) is 1. The molecule has 1 amide bonds. The molecule has 0 saturated carbocycles. The van der Waals surface area contributed by atoms with Gasteiger partial charge in [-0.3, -0.25) is 14.2 Å². The first-order chi connectivity index (χ1) is 14.5. The second-order valence-corrected chi connectivity index (χ2v) is 7.93. The number of thiophene rings is 1. The minimum Gasteiger partial charge on any atom is -0.495 e. The topological polar surface area (TPSA) is 73.2 Å². The number of methoxy groups -OCH3 is 1. The van der Waals surface area contributed by atoms with E-state index in [-0.39, 0.29) is 11.5 Å². The van der Waals surface area contributed by atoms with Crippen molar-refractivity contribution in [1.29, 1.82) is 0 Å². The number of rotatable bonds is 5. The molecule has 2 aromatic carbocycles. The van der Waals surface area contributed by atoms with E-state index in [1.807, 2.05) is 35.7 Å².